The first-order chi connectivity index (χ1) is 18.2. The number of rotatable bonds is 7. The maximum atomic E-state index is 13.1. The van der Waals surface area contributed by atoms with Gasteiger partial charge < -0.3 is 20.1 Å². The minimum absolute atomic E-state index is 0.0651. The summed E-state index contributed by atoms with van der Waals surface area (Å²) >= 11 is 0. The fourth-order valence-corrected chi connectivity index (χ4v) is 4.85. The second-order valence-corrected chi connectivity index (χ2v) is 9.53. The molecule has 2 aromatic rings. The largest absolute Gasteiger partial charge is 0.496 e. The lowest BCUT2D eigenvalue weighted by atomic mass is 9.86. The van der Waals surface area contributed by atoms with Crippen molar-refractivity contribution in [2.24, 2.45) is 11.0 Å². The third-order valence-corrected chi connectivity index (χ3v) is 6.96. The molecule has 2 aliphatic rings. The van der Waals surface area contributed by atoms with Crippen LogP contribution in [-0.4, -0.2) is 63.6 Å². The Bertz CT molecular complexity index is 1500. The molecule has 0 unspecified atom stereocenters. The Morgan fingerprint density at radius 3 is 2.76 bits per heavy atom. The molecule has 0 radical (unpaired) electrons. The van der Waals surface area contributed by atoms with E-state index in [1.807, 2.05) is 18.5 Å². The summed E-state index contributed by atoms with van der Waals surface area (Å²) in [7, 11) is 3.20. The van der Waals surface area contributed by atoms with Gasteiger partial charge in [-0.25, -0.2) is 0 Å². The molecular weight excluding hydrogens is 488 g/mol. The van der Waals surface area contributed by atoms with E-state index in [0.29, 0.717) is 11.1 Å². The topological polar surface area (TPSA) is 140 Å². The molecule has 1 aliphatic carbocycles. The van der Waals surface area contributed by atoms with Crippen LogP contribution in [0, 0.1) is 17.2 Å². The standard InChI is InChI=1S/C27H30N6O5/c1-17(34)26(36)31(2)20-8-6-18(7-9-20)15-33-16-19-13-21(24(38-3)14-23(19)30-33)25(35)29-22-5-4-11-32(12-10-28)27(22)37/h4-5,11,13-18,20,34H,6-9,12H2,1-3H3/p+1/b33-15+/t17-,18?,20?/m1/s1. The summed E-state index contributed by atoms with van der Waals surface area (Å²) in [6, 6.07) is 8.45. The van der Waals surface area contributed by atoms with E-state index in [0.717, 1.165) is 30.9 Å². The highest BCUT2D eigenvalue weighted by molar-refractivity contribution is 6.06. The normalized spacial score (nSPS) is 19.9. The van der Waals surface area contributed by atoms with E-state index >= 15 is 0 Å². The van der Waals surface area contributed by atoms with Crippen LogP contribution in [0.3, 0.4) is 0 Å². The average molecular weight is 520 g/mol. The fourth-order valence-electron chi connectivity index (χ4n) is 4.85. The molecule has 38 heavy (non-hydrogen) atoms. The molecule has 2 N–H and O–H groups in total. The zero-order valence-electron chi connectivity index (χ0n) is 21.6. The third-order valence-electron chi connectivity index (χ3n) is 6.96. The molecule has 11 heteroatoms. The van der Waals surface area contributed by atoms with E-state index in [1.54, 1.807) is 34.8 Å². The number of carbonyl (C=O) groups excluding carboxylic acids is 2. The number of anilines is 1. The van der Waals surface area contributed by atoms with Crippen LogP contribution in [0.25, 0.3) is 6.20 Å². The highest BCUT2D eigenvalue weighted by Crippen LogP contribution is 2.26. The van der Waals surface area contributed by atoms with Gasteiger partial charge in [-0.2, -0.15) is 5.26 Å². The number of benzene rings is 1. The van der Waals surface area contributed by atoms with Crippen LogP contribution in [0.15, 0.2) is 40.4 Å². The van der Waals surface area contributed by atoms with Gasteiger partial charge in [0.15, 0.2) is 6.21 Å². The summed E-state index contributed by atoms with van der Waals surface area (Å²) in [5, 5.41) is 27.1. The van der Waals surface area contributed by atoms with E-state index in [9.17, 15) is 19.5 Å². The minimum Gasteiger partial charge on any atom is -0.496 e. The summed E-state index contributed by atoms with van der Waals surface area (Å²) in [5.74, 6) is -0.181. The molecule has 11 nitrogen and oxygen atoms in total. The summed E-state index contributed by atoms with van der Waals surface area (Å²) < 4.78 is 8.40. The highest BCUT2D eigenvalue weighted by Gasteiger charge is 2.29. The minimum atomic E-state index is -1.00. The molecule has 1 saturated carbocycles. The number of pyridine rings is 1. The third kappa shape index (κ3) is 5.65. The van der Waals surface area contributed by atoms with E-state index < -0.39 is 17.6 Å². The van der Waals surface area contributed by atoms with Crippen molar-refractivity contribution in [2.45, 2.75) is 51.3 Å². The highest BCUT2D eigenvalue weighted by atomic mass is 16.5. The number of nitriles is 1. The number of amides is 2. The number of methoxy groups -OCH3 is 1. The van der Waals surface area contributed by atoms with Gasteiger partial charge in [0.1, 0.15) is 29.4 Å². The lowest BCUT2D eigenvalue weighted by Gasteiger charge is -2.33. The van der Waals surface area contributed by atoms with Crippen molar-refractivity contribution >= 4 is 29.9 Å². The zero-order chi connectivity index (χ0) is 27.4. The molecule has 0 spiro atoms. The summed E-state index contributed by atoms with van der Waals surface area (Å²) in [6.45, 7) is 1.37. The summed E-state index contributed by atoms with van der Waals surface area (Å²) in [4.78, 5) is 39.3. The van der Waals surface area contributed by atoms with Crippen LogP contribution in [0.4, 0.5) is 5.69 Å². The monoisotopic (exact) mass is 519 g/mol. The lowest BCUT2D eigenvalue weighted by molar-refractivity contribution is -0.424. The number of aromatic nitrogens is 1. The Labute approximate surface area is 219 Å². The predicted octanol–water partition coefficient (Wildman–Crippen LogP) is 0.400. The van der Waals surface area contributed by atoms with Gasteiger partial charge in [-0.05, 0) is 50.8 Å². The van der Waals surface area contributed by atoms with Gasteiger partial charge in [0.05, 0.1) is 24.0 Å². The summed E-state index contributed by atoms with van der Waals surface area (Å²) in [6.07, 6.45) is 7.81. The number of hydrogen-bond acceptors (Lipinski definition) is 7. The predicted molar refractivity (Wildman–Crippen MR) is 139 cm³/mol. The molecule has 2 amide bonds. The second-order valence-electron chi connectivity index (χ2n) is 9.53. The number of aliphatic hydroxyl groups excluding tert-OH is 1. The molecular formula is C27H31N6O5+. The maximum absolute atomic E-state index is 13.1. The van der Waals surface area contributed by atoms with Crippen LogP contribution >= 0.6 is 0 Å². The van der Waals surface area contributed by atoms with E-state index in [-0.39, 0.29) is 35.7 Å². The Morgan fingerprint density at radius 2 is 2.11 bits per heavy atom. The number of carbonyl (C=O) groups is 2. The van der Waals surface area contributed by atoms with E-state index in [4.69, 9.17) is 10.00 Å². The van der Waals surface area contributed by atoms with Crippen LogP contribution < -0.4 is 26.2 Å². The number of nitrogens with zero attached hydrogens (tertiary/aromatic N) is 5. The molecule has 2 heterocycles. The summed E-state index contributed by atoms with van der Waals surface area (Å²) in [5.41, 5.74) is -0.155. The quantitative estimate of drug-likeness (QED) is 0.508. The molecule has 0 bridgehead atoms. The molecule has 0 saturated heterocycles. The van der Waals surface area contributed by atoms with Crippen molar-refractivity contribution < 1.29 is 24.1 Å². The Morgan fingerprint density at radius 1 is 1.37 bits per heavy atom. The van der Waals surface area contributed by atoms with Crippen molar-refractivity contribution in [1.82, 2.24) is 9.47 Å². The first-order valence-corrected chi connectivity index (χ1v) is 12.5. The van der Waals surface area contributed by atoms with Gasteiger partial charge in [0, 0.05) is 36.4 Å². The molecule has 198 valence electrons. The average Bonchev–Trinajstić information content (AvgIpc) is 3.30. The van der Waals surface area contributed by atoms with Crippen LogP contribution in [0.1, 0.15) is 43.0 Å². The lowest BCUT2D eigenvalue weighted by Crippen LogP contribution is -2.43. The van der Waals surface area contributed by atoms with Gasteiger partial charge in [-0.15, -0.1) is 0 Å². The number of hydrogen-bond donors (Lipinski definition) is 2. The van der Waals surface area contributed by atoms with Crippen molar-refractivity contribution in [2.75, 3.05) is 19.5 Å². The number of aliphatic hydroxyl groups is 1. The van der Waals surface area contributed by atoms with Crippen molar-refractivity contribution in [1.29, 1.82) is 5.26 Å². The fraction of sp³-hybridized carbons (Fsp3) is 0.407. The van der Waals surface area contributed by atoms with E-state index in [2.05, 4.69) is 10.4 Å². The molecule has 1 fully saturated rings. The van der Waals surface area contributed by atoms with E-state index in [1.165, 1.54) is 30.9 Å². The second kappa shape index (κ2) is 11.4. The molecule has 1 aliphatic heterocycles. The Hall–Kier alpha value is -4.30. The number of fused-ring (bicyclic) bond motifs is 1. The number of nitrogens with one attached hydrogen (secondary N) is 1. The molecule has 1 aromatic heterocycles. The Kier molecular flexibility index (Phi) is 8.02. The first kappa shape index (κ1) is 26.8. The molecule has 4 rings (SSSR count). The molecule has 1 aromatic carbocycles. The SMILES string of the molecule is COc1cc2c(cc1C(=O)Nc1cccn(CC#N)c1=O)=C/[N+](=C\C1CCC(N(C)C(=O)[C@@H](C)O)CC1)N=2. The smallest absolute Gasteiger partial charge is 0.275 e. The van der Waals surface area contributed by atoms with Crippen molar-refractivity contribution in [3.63, 3.8) is 0 Å². The molecule has 1 atom stereocenters. The van der Waals surface area contributed by atoms with Gasteiger partial charge in [-0.3, -0.25) is 19.0 Å². The number of ether oxygens (including phenoxy) is 1. The zero-order valence-corrected chi connectivity index (χ0v) is 21.6. The van der Waals surface area contributed by atoms with Gasteiger partial charge >= 0.3 is 0 Å². The van der Waals surface area contributed by atoms with Gasteiger partial charge in [-0.1, -0.05) is 4.68 Å². The van der Waals surface area contributed by atoms with Crippen LogP contribution in [0.5, 0.6) is 5.75 Å². The van der Waals surface area contributed by atoms with Gasteiger partial charge in [0.2, 0.25) is 6.20 Å². The van der Waals surface area contributed by atoms with Crippen LogP contribution in [-0.2, 0) is 11.3 Å². The maximum Gasteiger partial charge on any atom is 0.275 e. The number of likely N-dealkylation sites (N-methyl/N-ethyl adjacent to an activating group) is 1. The Balaban J connectivity index is 1.51. The van der Waals surface area contributed by atoms with Crippen LogP contribution in [0.2, 0.25) is 0 Å². The van der Waals surface area contributed by atoms with Gasteiger partial charge in [0.25, 0.3) is 17.4 Å². The van der Waals surface area contributed by atoms with Crippen molar-refractivity contribution in [3.8, 4) is 11.8 Å². The van der Waals surface area contributed by atoms with Crippen molar-refractivity contribution in [3.05, 3.63) is 57.0 Å². The first-order valence-electron chi connectivity index (χ1n) is 12.5.